The number of hydrogen-bond donors (Lipinski definition) is 2. The molecule has 2 fully saturated rings. The molecule has 0 aromatic heterocycles. The van der Waals surface area contributed by atoms with Gasteiger partial charge in [-0.15, -0.1) is 0 Å². The van der Waals surface area contributed by atoms with Crippen LogP contribution in [0.1, 0.15) is 6.92 Å². The molecule has 2 heterocycles. The van der Waals surface area contributed by atoms with Gasteiger partial charge in [0.1, 0.15) is 0 Å². The molecule has 15 heavy (non-hydrogen) atoms. The number of aliphatic hydroxyl groups is 1. The molecule has 1 amide bonds. The smallest absolute Gasteiger partial charge is 0.239 e. The number of ether oxygens (including phenoxy) is 1. The summed E-state index contributed by atoms with van der Waals surface area (Å²) in [4.78, 5) is 13.6. The lowest BCUT2D eigenvalue weighted by Gasteiger charge is -2.44. The van der Waals surface area contributed by atoms with E-state index >= 15 is 0 Å². The Bertz CT molecular complexity index is 248. The van der Waals surface area contributed by atoms with Gasteiger partial charge in [-0.3, -0.25) is 4.79 Å². The molecule has 5 heteroatoms. The van der Waals surface area contributed by atoms with E-state index in [0.717, 1.165) is 13.1 Å². The molecule has 2 aliphatic rings. The Morgan fingerprint density at radius 1 is 1.67 bits per heavy atom. The van der Waals surface area contributed by atoms with E-state index in [0.29, 0.717) is 19.8 Å². The van der Waals surface area contributed by atoms with Crippen molar-refractivity contribution in [3.05, 3.63) is 0 Å². The zero-order valence-corrected chi connectivity index (χ0v) is 9.03. The van der Waals surface area contributed by atoms with E-state index in [1.165, 1.54) is 0 Å². The molecular weight excluding hydrogens is 196 g/mol. The van der Waals surface area contributed by atoms with E-state index in [1.54, 1.807) is 0 Å². The second-order valence-corrected chi connectivity index (χ2v) is 4.59. The lowest BCUT2D eigenvalue weighted by molar-refractivity contribution is -0.161. The second-order valence-electron chi connectivity index (χ2n) is 4.59. The number of rotatable bonds is 3. The van der Waals surface area contributed by atoms with Crippen LogP contribution in [0.3, 0.4) is 0 Å². The number of nitrogens with one attached hydrogen (secondary N) is 1. The molecule has 2 rings (SSSR count). The summed E-state index contributed by atoms with van der Waals surface area (Å²) < 4.78 is 5.12. The third kappa shape index (κ3) is 2.00. The van der Waals surface area contributed by atoms with Crippen molar-refractivity contribution < 1.29 is 14.6 Å². The third-order valence-electron chi connectivity index (χ3n) is 3.19. The number of nitrogens with zero attached hydrogens (tertiary/aromatic N) is 1. The van der Waals surface area contributed by atoms with Crippen molar-refractivity contribution in [1.29, 1.82) is 0 Å². The average Bonchev–Trinajstić information content (AvgIpc) is 2.18. The molecule has 0 bridgehead atoms. The van der Waals surface area contributed by atoms with E-state index in [9.17, 15) is 9.90 Å². The van der Waals surface area contributed by atoms with Crippen molar-refractivity contribution in [2.75, 3.05) is 39.5 Å². The summed E-state index contributed by atoms with van der Waals surface area (Å²) in [6.45, 7) is 5.27. The number of aliphatic hydroxyl groups excluding tert-OH is 1. The number of carbonyl (C=O) groups is 1. The second kappa shape index (κ2) is 4.08. The Kier molecular flexibility index (Phi) is 2.95. The van der Waals surface area contributed by atoms with Gasteiger partial charge in [0.15, 0.2) is 0 Å². The molecular formula is C10H18N2O3. The summed E-state index contributed by atoms with van der Waals surface area (Å²) in [5.41, 5.74) is -0.202. The quantitative estimate of drug-likeness (QED) is 0.620. The Morgan fingerprint density at radius 3 is 2.93 bits per heavy atom. The molecule has 0 aromatic rings. The van der Waals surface area contributed by atoms with Gasteiger partial charge in [-0.05, 0) is 6.92 Å². The van der Waals surface area contributed by atoms with E-state index in [4.69, 9.17) is 4.74 Å². The van der Waals surface area contributed by atoms with Crippen LogP contribution in [0, 0.1) is 5.41 Å². The molecule has 0 aromatic carbocycles. The lowest BCUT2D eigenvalue weighted by atomic mass is 9.86. The highest BCUT2D eigenvalue weighted by atomic mass is 16.5. The fraction of sp³-hybridized carbons (Fsp3) is 0.900. The molecule has 0 radical (unpaired) electrons. The fourth-order valence-electron chi connectivity index (χ4n) is 2.07. The predicted octanol–water partition coefficient (Wildman–Crippen LogP) is -1.18. The van der Waals surface area contributed by atoms with E-state index in [1.807, 2.05) is 11.8 Å². The number of amides is 1. The van der Waals surface area contributed by atoms with Crippen molar-refractivity contribution in [2.45, 2.75) is 13.0 Å². The summed E-state index contributed by atoms with van der Waals surface area (Å²) >= 11 is 0. The van der Waals surface area contributed by atoms with Crippen molar-refractivity contribution >= 4 is 5.91 Å². The minimum atomic E-state index is -0.202. The van der Waals surface area contributed by atoms with Crippen molar-refractivity contribution in [2.24, 2.45) is 5.41 Å². The topological polar surface area (TPSA) is 61.8 Å². The van der Waals surface area contributed by atoms with Gasteiger partial charge < -0.3 is 20.1 Å². The lowest BCUT2D eigenvalue weighted by Crippen LogP contribution is -2.60. The number of carbonyl (C=O) groups excluding carboxylic acids is 1. The first kappa shape index (κ1) is 10.9. The summed E-state index contributed by atoms with van der Waals surface area (Å²) in [6, 6.07) is -0.101. The van der Waals surface area contributed by atoms with Gasteiger partial charge in [-0.2, -0.15) is 0 Å². The predicted molar refractivity (Wildman–Crippen MR) is 54.4 cm³/mol. The number of hydrogen-bond acceptors (Lipinski definition) is 4. The van der Waals surface area contributed by atoms with Crippen LogP contribution in [0.25, 0.3) is 0 Å². The summed E-state index contributed by atoms with van der Waals surface area (Å²) in [7, 11) is 0. The van der Waals surface area contributed by atoms with Crippen LogP contribution >= 0.6 is 0 Å². The van der Waals surface area contributed by atoms with Crippen molar-refractivity contribution in [3.63, 3.8) is 0 Å². The Labute approximate surface area is 89.4 Å². The molecule has 0 aliphatic carbocycles. The highest BCUT2D eigenvalue weighted by molar-refractivity contribution is 5.82. The summed E-state index contributed by atoms with van der Waals surface area (Å²) in [5, 5.41) is 12.4. The maximum Gasteiger partial charge on any atom is 0.239 e. The molecule has 2 aliphatic heterocycles. The maximum absolute atomic E-state index is 11.8. The van der Waals surface area contributed by atoms with Crippen LogP contribution in [0.5, 0.6) is 0 Å². The zero-order valence-electron chi connectivity index (χ0n) is 9.03. The Balaban J connectivity index is 1.95. The van der Waals surface area contributed by atoms with Crippen LogP contribution in [-0.4, -0.2) is 61.4 Å². The number of piperazine rings is 1. The summed E-state index contributed by atoms with van der Waals surface area (Å²) in [5.74, 6) is 0.126. The molecule has 86 valence electrons. The minimum Gasteiger partial charge on any atom is -0.396 e. The molecule has 0 spiro atoms. The van der Waals surface area contributed by atoms with Crippen LogP contribution < -0.4 is 5.32 Å². The van der Waals surface area contributed by atoms with Gasteiger partial charge in [0.05, 0.1) is 31.3 Å². The van der Waals surface area contributed by atoms with Gasteiger partial charge in [-0.25, -0.2) is 0 Å². The normalized spacial score (nSPS) is 30.1. The Hall–Kier alpha value is -0.650. The van der Waals surface area contributed by atoms with E-state index < -0.39 is 0 Å². The monoisotopic (exact) mass is 214 g/mol. The van der Waals surface area contributed by atoms with Crippen LogP contribution in [0.4, 0.5) is 0 Å². The van der Waals surface area contributed by atoms with Gasteiger partial charge in [0.25, 0.3) is 0 Å². The standard InChI is InChI=1S/C10H18N2O3/c1-8-9(14)12(3-2-11-8)4-10(5-13)6-15-7-10/h8,11,13H,2-7H2,1H3/t8-/m0/s1. The van der Waals surface area contributed by atoms with Gasteiger partial charge in [0, 0.05) is 19.6 Å². The van der Waals surface area contributed by atoms with Gasteiger partial charge in [0.2, 0.25) is 5.91 Å². The van der Waals surface area contributed by atoms with Crippen LogP contribution in [-0.2, 0) is 9.53 Å². The molecule has 1 atom stereocenters. The molecule has 0 saturated carbocycles. The SMILES string of the molecule is C[C@@H]1NCCN(CC2(CO)COC2)C1=O. The molecule has 5 nitrogen and oxygen atoms in total. The zero-order chi connectivity index (χ0) is 10.9. The fourth-order valence-corrected chi connectivity index (χ4v) is 2.07. The van der Waals surface area contributed by atoms with Gasteiger partial charge >= 0.3 is 0 Å². The first-order chi connectivity index (χ1) is 7.17. The highest BCUT2D eigenvalue weighted by Crippen LogP contribution is 2.28. The van der Waals surface area contributed by atoms with Crippen molar-refractivity contribution in [3.8, 4) is 0 Å². The Morgan fingerprint density at radius 2 is 2.40 bits per heavy atom. The maximum atomic E-state index is 11.8. The molecule has 2 saturated heterocycles. The van der Waals surface area contributed by atoms with Crippen molar-refractivity contribution in [1.82, 2.24) is 10.2 Å². The molecule has 0 unspecified atom stereocenters. The van der Waals surface area contributed by atoms with Crippen LogP contribution in [0.2, 0.25) is 0 Å². The first-order valence-corrected chi connectivity index (χ1v) is 5.38. The highest BCUT2D eigenvalue weighted by Gasteiger charge is 2.41. The largest absolute Gasteiger partial charge is 0.396 e. The van der Waals surface area contributed by atoms with E-state index in [-0.39, 0.29) is 24.0 Å². The first-order valence-electron chi connectivity index (χ1n) is 5.38. The van der Waals surface area contributed by atoms with E-state index in [2.05, 4.69) is 5.32 Å². The third-order valence-corrected chi connectivity index (χ3v) is 3.19. The molecule has 2 N–H and O–H groups in total. The average molecular weight is 214 g/mol. The minimum absolute atomic E-state index is 0.0958. The van der Waals surface area contributed by atoms with Crippen LogP contribution in [0.15, 0.2) is 0 Å². The summed E-state index contributed by atoms with van der Waals surface area (Å²) in [6.07, 6.45) is 0. The van der Waals surface area contributed by atoms with Gasteiger partial charge in [-0.1, -0.05) is 0 Å².